The highest BCUT2D eigenvalue weighted by Gasteiger charge is 2.16. The molecule has 0 aliphatic carbocycles. The predicted molar refractivity (Wildman–Crippen MR) is 79.5 cm³/mol. The van der Waals surface area contributed by atoms with Crippen molar-refractivity contribution < 1.29 is 14.3 Å². The van der Waals surface area contributed by atoms with Crippen LogP contribution in [0.4, 0.5) is 0 Å². The molecular weight excluding hydrogens is 274 g/mol. The lowest BCUT2D eigenvalue weighted by Gasteiger charge is -2.06. The molecule has 5 heteroatoms. The predicted octanol–water partition coefficient (Wildman–Crippen LogP) is 3.69. The molecule has 0 bridgehead atoms. The van der Waals surface area contributed by atoms with E-state index in [0.29, 0.717) is 4.88 Å². The number of carbonyl (C=O) groups is 1. The molecule has 1 N–H and O–H groups in total. The minimum atomic E-state index is -0.314. The smallest absolute Gasteiger partial charge is 0.348 e. The third-order valence-electron chi connectivity index (χ3n) is 3.13. The van der Waals surface area contributed by atoms with Crippen LogP contribution in [0, 0.1) is 0 Å². The Morgan fingerprint density at radius 2 is 2.00 bits per heavy atom. The molecule has 2 aromatic heterocycles. The van der Waals surface area contributed by atoms with Crippen molar-refractivity contribution in [3.63, 3.8) is 0 Å². The first-order chi connectivity index (χ1) is 9.74. The van der Waals surface area contributed by atoms with Crippen LogP contribution in [0.2, 0.25) is 0 Å². The molecule has 0 radical (unpaired) electrons. The fourth-order valence-corrected chi connectivity index (χ4v) is 3.25. The first kappa shape index (κ1) is 12.7. The summed E-state index contributed by atoms with van der Waals surface area (Å²) >= 11 is 1.42. The Morgan fingerprint density at radius 3 is 2.75 bits per heavy atom. The number of methoxy groups -OCH3 is 2. The van der Waals surface area contributed by atoms with Gasteiger partial charge in [0.05, 0.1) is 24.4 Å². The maximum Gasteiger partial charge on any atom is 0.348 e. The number of aromatic amines is 1. The van der Waals surface area contributed by atoms with Gasteiger partial charge in [0.2, 0.25) is 0 Å². The lowest BCUT2D eigenvalue weighted by molar-refractivity contribution is 0.0606. The first-order valence-electron chi connectivity index (χ1n) is 6.07. The molecule has 102 valence electrons. The first-order valence-corrected chi connectivity index (χ1v) is 6.89. The second-order valence-electron chi connectivity index (χ2n) is 4.25. The van der Waals surface area contributed by atoms with E-state index in [1.54, 1.807) is 7.11 Å². The van der Waals surface area contributed by atoms with E-state index in [-0.39, 0.29) is 5.97 Å². The summed E-state index contributed by atoms with van der Waals surface area (Å²) in [6.45, 7) is 0. The fraction of sp³-hybridized carbons (Fsp3) is 0.133. The second-order valence-corrected chi connectivity index (χ2v) is 5.30. The Morgan fingerprint density at radius 1 is 1.20 bits per heavy atom. The van der Waals surface area contributed by atoms with Gasteiger partial charge in [0.25, 0.3) is 0 Å². The fourth-order valence-electron chi connectivity index (χ4n) is 2.18. The number of hydrogen-bond donors (Lipinski definition) is 1. The molecule has 0 fully saturated rings. The number of fused-ring (bicyclic) bond motifs is 1. The maximum atomic E-state index is 11.6. The summed E-state index contributed by atoms with van der Waals surface area (Å²) in [7, 11) is 3.04. The van der Waals surface area contributed by atoms with Gasteiger partial charge in [-0.25, -0.2) is 4.79 Å². The van der Waals surface area contributed by atoms with E-state index >= 15 is 0 Å². The average Bonchev–Trinajstić information content (AvgIpc) is 3.06. The number of ether oxygens (including phenoxy) is 2. The normalized spacial score (nSPS) is 10.7. The molecule has 0 saturated heterocycles. The summed E-state index contributed by atoms with van der Waals surface area (Å²) in [5.41, 5.74) is 2.95. The summed E-state index contributed by atoms with van der Waals surface area (Å²) < 4.78 is 11.2. The standard InChI is InChI=1S/C15H13NO3S/c1-18-12-6-4-3-5-9(12)10-8-16-11-7-13(15(17)19-2)20-14(10)11/h3-8,16H,1-2H3. The van der Waals surface area contributed by atoms with Crippen LogP contribution < -0.4 is 4.74 Å². The molecule has 0 saturated carbocycles. The number of rotatable bonds is 3. The van der Waals surface area contributed by atoms with Gasteiger partial charge in [0, 0.05) is 17.3 Å². The molecular formula is C15H13NO3S. The van der Waals surface area contributed by atoms with Crippen molar-refractivity contribution in [1.82, 2.24) is 4.98 Å². The largest absolute Gasteiger partial charge is 0.496 e. The molecule has 0 amide bonds. The number of H-pyrrole nitrogens is 1. The highest BCUT2D eigenvalue weighted by atomic mass is 32.1. The number of para-hydroxylation sites is 1. The Balaban J connectivity index is 2.16. The van der Waals surface area contributed by atoms with Gasteiger partial charge in [-0.05, 0) is 12.1 Å². The Bertz CT molecular complexity index is 772. The van der Waals surface area contributed by atoms with Gasteiger partial charge in [0.15, 0.2) is 0 Å². The van der Waals surface area contributed by atoms with Crippen molar-refractivity contribution in [3.05, 3.63) is 41.4 Å². The summed E-state index contributed by atoms with van der Waals surface area (Å²) in [6.07, 6.45) is 1.93. The molecule has 0 aliphatic rings. The zero-order valence-electron chi connectivity index (χ0n) is 11.1. The zero-order chi connectivity index (χ0) is 14.1. The van der Waals surface area contributed by atoms with Crippen LogP contribution in [0.1, 0.15) is 9.67 Å². The molecule has 3 rings (SSSR count). The van der Waals surface area contributed by atoms with Gasteiger partial charge < -0.3 is 14.5 Å². The highest BCUT2D eigenvalue weighted by molar-refractivity contribution is 7.21. The molecule has 3 aromatic rings. The van der Waals surface area contributed by atoms with E-state index in [4.69, 9.17) is 9.47 Å². The van der Waals surface area contributed by atoms with Crippen LogP contribution >= 0.6 is 11.3 Å². The molecule has 0 aliphatic heterocycles. The Kier molecular flexibility index (Phi) is 3.20. The summed E-state index contributed by atoms with van der Waals surface area (Å²) in [5, 5.41) is 0. The zero-order valence-corrected chi connectivity index (χ0v) is 11.9. The SMILES string of the molecule is COC(=O)c1cc2[nH]cc(-c3ccccc3OC)c2s1. The second kappa shape index (κ2) is 5.02. The number of carbonyl (C=O) groups excluding carboxylic acids is 1. The van der Waals surface area contributed by atoms with Crippen molar-refractivity contribution in [2.45, 2.75) is 0 Å². The number of hydrogen-bond acceptors (Lipinski definition) is 4. The topological polar surface area (TPSA) is 51.3 Å². The van der Waals surface area contributed by atoms with Crippen LogP contribution in [0.3, 0.4) is 0 Å². The van der Waals surface area contributed by atoms with Crippen molar-refractivity contribution in [2.24, 2.45) is 0 Å². The number of aromatic nitrogens is 1. The summed E-state index contributed by atoms with van der Waals surface area (Å²) in [6, 6.07) is 9.62. The third kappa shape index (κ3) is 1.96. The minimum absolute atomic E-state index is 0.314. The number of benzene rings is 1. The molecule has 2 heterocycles. The van der Waals surface area contributed by atoms with Gasteiger partial charge in [-0.1, -0.05) is 18.2 Å². The minimum Gasteiger partial charge on any atom is -0.496 e. The van der Waals surface area contributed by atoms with Crippen LogP contribution in [-0.2, 0) is 4.74 Å². The van der Waals surface area contributed by atoms with E-state index < -0.39 is 0 Å². The molecule has 0 spiro atoms. The Labute approximate surface area is 120 Å². The lowest BCUT2D eigenvalue weighted by Crippen LogP contribution is -1.96. The summed E-state index contributed by atoms with van der Waals surface area (Å²) in [5.74, 6) is 0.493. The quantitative estimate of drug-likeness (QED) is 0.747. The molecule has 4 nitrogen and oxygen atoms in total. The number of thiophene rings is 1. The molecule has 0 atom stereocenters. The van der Waals surface area contributed by atoms with Crippen LogP contribution in [0.5, 0.6) is 5.75 Å². The average molecular weight is 287 g/mol. The van der Waals surface area contributed by atoms with Gasteiger partial charge in [0.1, 0.15) is 10.6 Å². The van der Waals surface area contributed by atoms with Crippen LogP contribution in [-0.4, -0.2) is 25.2 Å². The molecule has 20 heavy (non-hydrogen) atoms. The van der Waals surface area contributed by atoms with Gasteiger partial charge >= 0.3 is 5.97 Å². The maximum absolute atomic E-state index is 11.6. The van der Waals surface area contributed by atoms with E-state index in [0.717, 1.165) is 27.1 Å². The highest BCUT2D eigenvalue weighted by Crippen LogP contribution is 2.38. The van der Waals surface area contributed by atoms with E-state index in [2.05, 4.69) is 4.98 Å². The van der Waals surface area contributed by atoms with Crippen molar-refractivity contribution >= 4 is 27.5 Å². The number of nitrogens with one attached hydrogen (secondary N) is 1. The van der Waals surface area contributed by atoms with Gasteiger partial charge in [-0.2, -0.15) is 0 Å². The van der Waals surface area contributed by atoms with Crippen LogP contribution in [0.15, 0.2) is 36.5 Å². The molecule has 1 aromatic carbocycles. The van der Waals surface area contributed by atoms with E-state index in [9.17, 15) is 4.79 Å². The Hall–Kier alpha value is -2.27. The molecule has 0 unspecified atom stereocenters. The van der Waals surface area contributed by atoms with Crippen molar-refractivity contribution in [2.75, 3.05) is 14.2 Å². The van der Waals surface area contributed by atoms with E-state index in [1.165, 1.54) is 18.4 Å². The van der Waals surface area contributed by atoms with Crippen molar-refractivity contribution in [1.29, 1.82) is 0 Å². The number of esters is 1. The van der Waals surface area contributed by atoms with Gasteiger partial charge in [-0.3, -0.25) is 0 Å². The van der Waals surface area contributed by atoms with E-state index in [1.807, 2.05) is 36.5 Å². The lowest BCUT2D eigenvalue weighted by atomic mass is 10.1. The van der Waals surface area contributed by atoms with Gasteiger partial charge in [-0.15, -0.1) is 11.3 Å². The summed E-state index contributed by atoms with van der Waals surface area (Å²) in [4.78, 5) is 15.4. The van der Waals surface area contributed by atoms with Crippen LogP contribution in [0.25, 0.3) is 21.3 Å². The van der Waals surface area contributed by atoms with Crippen molar-refractivity contribution in [3.8, 4) is 16.9 Å². The monoisotopic (exact) mass is 287 g/mol. The third-order valence-corrected chi connectivity index (χ3v) is 4.28.